The maximum absolute atomic E-state index is 14.9. The van der Waals surface area contributed by atoms with Gasteiger partial charge in [0.15, 0.2) is 0 Å². The SMILES string of the molecule is Cc1ccc2c(sc3c(F)c(CCC4CCCC4)ccc32)c1F. The average molecular weight is 330 g/mol. The van der Waals surface area contributed by atoms with Crippen LogP contribution in [0.25, 0.3) is 20.2 Å². The largest absolute Gasteiger partial charge is 0.205 e. The summed E-state index contributed by atoms with van der Waals surface area (Å²) >= 11 is 1.25. The van der Waals surface area contributed by atoms with Crippen LogP contribution >= 0.6 is 11.3 Å². The maximum atomic E-state index is 14.9. The summed E-state index contributed by atoms with van der Waals surface area (Å²) in [5.74, 6) is 0.405. The van der Waals surface area contributed by atoms with E-state index < -0.39 is 0 Å². The van der Waals surface area contributed by atoms with E-state index in [4.69, 9.17) is 0 Å². The Labute approximate surface area is 139 Å². The van der Waals surface area contributed by atoms with Crippen LogP contribution in [0.4, 0.5) is 8.78 Å². The molecule has 0 nitrogen and oxygen atoms in total. The van der Waals surface area contributed by atoms with Crippen LogP contribution in [0.5, 0.6) is 0 Å². The van der Waals surface area contributed by atoms with Crippen molar-refractivity contribution in [3.05, 3.63) is 47.0 Å². The van der Waals surface area contributed by atoms with E-state index in [1.54, 1.807) is 13.0 Å². The highest BCUT2D eigenvalue weighted by Gasteiger charge is 2.18. The van der Waals surface area contributed by atoms with Gasteiger partial charge < -0.3 is 0 Å². The van der Waals surface area contributed by atoms with E-state index in [9.17, 15) is 8.78 Å². The number of halogens is 2. The molecule has 0 unspecified atom stereocenters. The lowest BCUT2D eigenvalue weighted by Crippen LogP contribution is -1.98. The van der Waals surface area contributed by atoms with Crippen LogP contribution < -0.4 is 0 Å². The minimum atomic E-state index is -0.212. The molecule has 1 aromatic heterocycles. The highest BCUT2D eigenvalue weighted by Crippen LogP contribution is 2.39. The third-order valence-electron chi connectivity index (χ3n) is 5.26. The minimum absolute atomic E-state index is 0.140. The Kier molecular flexibility index (Phi) is 3.84. The second-order valence-electron chi connectivity index (χ2n) is 6.78. The fourth-order valence-corrected chi connectivity index (χ4v) is 5.08. The molecule has 0 bridgehead atoms. The molecule has 120 valence electrons. The molecule has 0 N–H and O–H groups in total. The third kappa shape index (κ3) is 2.55. The summed E-state index contributed by atoms with van der Waals surface area (Å²) in [7, 11) is 0. The molecule has 23 heavy (non-hydrogen) atoms. The zero-order valence-corrected chi connectivity index (χ0v) is 14.1. The molecule has 4 rings (SSSR count). The molecule has 2 aromatic carbocycles. The molecule has 0 spiro atoms. The minimum Gasteiger partial charge on any atom is -0.205 e. The van der Waals surface area contributed by atoms with E-state index in [1.807, 2.05) is 18.2 Å². The van der Waals surface area contributed by atoms with Crippen molar-refractivity contribution < 1.29 is 8.78 Å². The van der Waals surface area contributed by atoms with Crippen LogP contribution in [0, 0.1) is 24.5 Å². The fraction of sp³-hybridized carbons (Fsp3) is 0.400. The normalized spacial score (nSPS) is 16.0. The zero-order valence-electron chi connectivity index (χ0n) is 13.3. The van der Waals surface area contributed by atoms with Crippen LogP contribution in [-0.4, -0.2) is 0 Å². The Hall–Kier alpha value is -1.48. The number of aryl methyl sites for hydroxylation is 2. The number of benzene rings is 2. The maximum Gasteiger partial charge on any atom is 0.144 e. The van der Waals surface area contributed by atoms with Gasteiger partial charge in [-0.25, -0.2) is 8.78 Å². The lowest BCUT2D eigenvalue weighted by atomic mass is 9.97. The summed E-state index contributed by atoms with van der Waals surface area (Å²) in [5.41, 5.74) is 1.40. The summed E-state index contributed by atoms with van der Waals surface area (Å²) in [4.78, 5) is 0. The van der Waals surface area contributed by atoms with Gasteiger partial charge in [-0.3, -0.25) is 0 Å². The molecule has 1 heterocycles. The van der Waals surface area contributed by atoms with Gasteiger partial charge in [-0.15, -0.1) is 11.3 Å². The molecule has 0 saturated heterocycles. The van der Waals surface area contributed by atoms with Crippen molar-refractivity contribution in [2.24, 2.45) is 5.92 Å². The molecule has 0 radical (unpaired) electrons. The van der Waals surface area contributed by atoms with Gasteiger partial charge in [-0.05, 0) is 36.8 Å². The van der Waals surface area contributed by atoms with Gasteiger partial charge in [0, 0.05) is 10.8 Å². The zero-order chi connectivity index (χ0) is 16.0. The van der Waals surface area contributed by atoms with Crippen molar-refractivity contribution in [1.29, 1.82) is 0 Å². The first-order chi connectivity index (χ1) is 11.1. The molecule has 0 atom stereocenters. The van der Waals surface area contributed by atoms with Gasteiger partial charge in [0.25, 0.3) is 0 Å². The van der Waals surface area contributed by atoms with Crippen molar-refractivity contribution in [2.45, 2.75) is 45.4 Å². The summed E-state index contributed by atoms with van der Waals surface area (Å²) < 4.78 is 30.4. The van der Waals surface area contributed by atoms with Gasteiger partial charge >= 0.3 is 0 Å². The molecule has 1 aliphatic rings. The number of thiophene rings is 1. The molecule has 1 aliphatic carbocycles. The number of hydrogen-bond acceptors (Lipinski definition) is 1. The average Bonchev–Trinajstić information content (AvgIpc) is 3.18. The molecule has 0 aliphatic heterocycles. The van der Waals surface area contributed by atoms with Gasteiger partial charge in [-0.1, -0.05) is 49.9 Å². The number of fused-ring (bicyclic) bond motifs is 3. The number of hydrogen-bond donors (Lipinski definition) is 0. The second-order valence-corrected chi connectivity index (χ2v) is 7.80. The second kappa shape index (κ2) is 5.86. The van der Waals surface area contributed by atoms with Gasteiger partial charge in [-0.2, -0.15) is 0 Å². The lowest BCUT2D eigenvalue weighted by molar-refractivity contribution is 0.496. The first-order valence-electron chi connectivity index (χ1n) is 8.44. The smallest absolute Gasteiger partial charge is 0.144 e. The van der Waals surface area contributed by atoms with Crippen molar-refractivity contribution in [3.8, 4) is 0 Å². The van der Waals surface area contributed by atoms with Crippen LogP contribution in [0.1, 0.15) is 43.2 Å². The summed E-state index contributed by atoms with van der Waals surface area (Å²) in [6.45, 7) is 1.75. The number of rotatable bonds is 3. The van der Waals surface area contributed by atoms with Crippen LogP contribution in [0.3, 0.4) is 0 Å². The Bertz CT molecular complexity index is 872. The Morgan fingerprint density at radius 3 is 2.35 bits per heavy atom. The van der Waals surface area contributed by atoms with Gasteiger partial charge in [0.1, 0.15) is 11.6 Å². The molecular weight excluding hydrogens is 310 g/mol. The highest BCUT2D eigenvalue weighted by molar-refractivity contribution is 7.25. The summed E-state index contributed by atoms with van der Waals surface area (Å²) in [6.07, 6.45) is 7.08. The molecule has 0 amide bonds. The highest BCUT2D eigenvalue weighted by atomic mass is 32.1. The fourth-order valence-electron chi connectivity index (χ4n) is 3.83. The van der Waals surface area contributed by atoms with Crippen LogP contribution in [0.15, 0.2) is 24.3 Å². The van der Waals surface area contributed by atoms with Crippen molar-refractivity contribution in [1.82, 2.24) is 0 Å². The monoisotopic (exact) mass is 330 g/mol. The standard InChI is InChI=1S/C20H20F2S/c1-12-6-10-15-16-11-9-14(8-7-13-4-2-3-5-13)18(22)20(16)23-19(15)17(12)21/h6,9-11,13H,2-5,7-8H2,1H3. The quantitative estimate of drug-likeness (QED) is 0.497. The molecule has 1 saturated carbocycles. The van der Waals surface area contributed by atoms with E-state index in [2.05, 4.69) is 0 Å². The molecular formula is C20H20F2S. The first-order valence-corrected chi connectivity index (χ1v) is 9.25. The van der Waals surface area contributed by atoms with Gasteiger partial charge in [0.2, 0.25) is 0 Å². The van der Waals surface area contributed by atoms with E-state index >= 15 is 0 Å². The van der Waals surface area contributed by atoms with Crippen LogP contribution in [0.2, 0.25) is 0 Å². The topological polar surface area (TPSA) is 0 Å². The molecule has 3 aromatic rings. The van der Waals surface area contributed by atoms with Crippen LogP contribution in [-0.2, 0) is 6.42 Å². The van der Waals surface area contributed by atoms with E-state index in [0.717, 1.165) is 35.1 Å². The Morgan fingerprint density at radius 1 is 0.957 bits per heavy atom. The summed E-state index contributed by atoms with van der Waals surface area (Å²) in [5, 5.41) is 1.67. The molecule has 3 heteroatoms. The predicted octanol–water partition coefficient (Wildman–Crippen LogP) is 6.76. The lowest BCUT2D eigenvalue weighted by Gasteiger charge is -2.09. The Balaban J connectivity index is 1.75. The first kappa shape index (κ1) is 15.1. The van der Waals surface area contributed by atoms with Crippen molar-refractivity contribution in [2.75, 3.05) is 0 Å². The van der Waals surface area contributed by atoms with E-state index in [0.29, 0.717) is 15.0 Å². The molecule has 1 fully saturated rings. The van der Waals surface area contributed by atoms with E-state index in [1.165, 1.54) is 37.0 Å². The van der Waals surface area contributed by atoms with Gasteiger partial charge in [0.05, 0.1) is 9.40 Å². The van der Waals surface area contributed by atoms with Crippen molar-refractivity contribution in [3.63, 3.8) is 0 Å². The third-order valence-corrected chi connectivity index (χ3v) is 6.46. The van der Waals surface area contributed by atoms with E-state index in [-0.39, 0.29) is 11.6 Å². The Morgan fingerprint density at radius 2 is 1.61 bits per heavy atom. The van der Waals surface area contributed by atoms with Crippen molar-refractivity contribution >= 4 is 31.5 Å². The predicted molar refractivity (Wildman–Crippen MR) is 94.3 cm³/mol. The summed E-state index contributed by atoms with van der Waals surface area (Å²) in [6, 6.07) is 7.55.